The molecule has 0 bridgehead atoms. The zero-order chi connectivity index (χ0) is 17.4. The van der Waals surface area contributed by atoms with Gasteiger partial charge in [0.15, 0.2) is 0 Å². The molecule has 0 spiro atoms. The highest BCUT2D eigenvalue weighted by atomic mass is 19.1. The van der Waals surface area contributed by atoms with E-state index in [-0.39, 0.29) is 24.2 Å². The maximum Gasteiger partial charge on any atom is 0.242 e. The van der Waals surface area contributed by atoms with Crippen LogP contribution in [0.25, 0.3) is 0 Å². The first-order valence-corrected chi connectivity index (χ1v) is 8.17. The SMILES string of the molecule is CCCC(=O)N(Cc1ccccc1F)[C@@H](C)C(=O)NCC(C)C. The Labute approximate surface area is 138 Å². The number of nitrogens with zero attached hydrogens (tertiary/aromatic N) is 1. The van der Waals surface area contributed by atoms with E-state index in [2.05, 4.69) is 5.32 Å². The molecule has 0 aromatic heterocycles. The number of amides is 2. The Kier molecular flexibility index (Phi) is 7.72. The summed E-state index contributed by atoms with van der Waals surface area (Å²) in [6.45, 7) is 8.25. The van der Waals surface area contributed by atoms with Crippen LogP contribution in [0, 0.1) is 11.7 Å². The predicted octanol–water partition coefficient (Wildman–Crippen LogP) is 3.12. The fourth-order valence-corrected chi connectivity index (χ4v) is 2.20. The van der Waals surface area contributed by atoms with Gasteiger partial charge in [0.2, 0.25) is 11.8 Å². The van der Waals surface area contributed by atoms with Crippen molar-refractivity contribution in [2.24, 2.45) is 5.92 Å². The lowest BCUT2D eigenvalue weighted by molar-refractivity contribution is -0.140. The van der Waals surface area contributed by atoms with Gasteiger partial charge in [-0.25, -0.2) is 4.39 Å². The second kappa shape index (κ2) is 9.28. The van der Waals surface area contributed by atoms with E-state index in [4.69, 9.17) is 0 Å². The van der Waals surface area contributed by atoms with Crippen LogP contribution in [-0.4, -0.2) is 29.3 Å². The fraction of sp³-hybridized carbons (Fsp3) is 0.556. The van der Waals surface area contributed by atoms with Gasteiger partial charge in [-0.1, -0.05) is 39.0 Å². The summed E-state index contributed by atoms with van der Waals surface area (Å²) in [4.78, 5) is 26.1. The van der Waals surface area contributed by atoms with Crippen LogP contribution in [0.5, 0.6) is 0 Å². The quantitative estimate of drug-likeness (QED) is 0.799. The van der Waals surface area contributed by atoms with Crippen LogP contribution in [-0.2, 0) is 16.1 Å². The maximum absolute atomic E-state index is 13.9. The van der Waals surface area contributed by atoms with Crippen molar-refractivity contribution >= 4 is 11.8 Å². The standard InChI is InChI=1S/C18H27FN2O2/c1-5-8-17(22)21(12-15-9-6-7-10-16(15)19)14(4)18(23)20-11-13(2)3/h6-7,9-10,13-14H,5,8,11-12H2,1-4H3,(H,20,23)/t14-/m0/s1. The number of halogens is 1. The lowest BCUT2D eigenvalue weighted by Crippen LogP contribution is -2.48. The van der Waals surface area contributed by atoms with Crippen LogP contribution in [0.1, 0.15) is 46.1 Å². The molecule has 0 aliphatic rings. The number of rotatable bonds is 8. The predicted molar refractivity (Wildman–Crippen MR) is 89.2 cm³/mol. The minimum atomic E-state index is -0.632. The van der Waals surface area contributed by atoms with Crippen LogP contribution < -0.4 is 5.32 Å². The van der Waals surface area contributed by atoms with Gasteiger partial charge in [0.25, 0.3) is 0 Å². The summed E-state index contributed by atoms with van der Waals surface area (Å²) in [5.41, 5.74) is 0.417. The fourth-order valence-electron chi connectivity index (χ4n) is 2.20. The Morgan fingerprint density at radius 2 is 1.87 bits per heavy atom. The molecule has 0 unspecified atom stereocenters. The number of nitrogens with one attached hydrogen (secondary N) is 1. The molecular formula is C18H27FN2O2. The highest BCUT2D eigenvalue weighted by Gasteiger charge is 2.26. The third-order valence-corrected chi connectivity index (χ3v) is 3.61. The molecule has 1 aromatic carbocycles. The van der Waals surface area contributed by atoms with Gasteiger partial charge < -0.3 is 10.2 Å². The van der Waals surface area contributed by atoms with E-state index < -0.39 is 6.04 Å². The smallest absolute Gasteiger partial charge is 0.242 e. The molecule has 1 N–H and O–H groups in total. The lowest BCUT2D eigenvalue weighted by Gasteiger charge is -2.29. The second-order valence-electron chi connectivity index (χ2n) is 6.18. The van der Waals surface area contributed by atoms with Crippen molar-refractivity contribution in [3.05, 3.63) is 35.6 Å². The molecule has 0 aliphatic carbocycles. The Hall–Kier alpha value is -1.91. The normalized spacial score (nSPS) is 12.1. The summed E-state index contributed by atoms with van der Waals surface area (Å²) < 4.78 is 13.9. The van der Waals surface area contributed by atoms with Crippen molar-refractivity contribution in [3.63, 3.8) is 0 Å². The molecule has 128 valence electrons. The molecule has 5 heteroatoms. The zero-order valence-corrected chi connectivity index (χ0v) is 14.4. The van der Waals surface area contributed by atoms with Crippen LogP contribution >= 0.6 is 0 Å². The average Bonchev–Trinajstić information content (AvgIpc) is 2.51. The largest absolute Gasteiger partial charge is 0.354 e. The number of benzene rings is 1. The van der Waals surface area contributed by atoms with E-state index in [9.17, 15) is 14.0 Å². The average molecular weight is 322 g/mol. The molecule has 1 rings (SSSR count). The molecule has 0 heterocycles. The molecule has 1 atom stereocenters. The van der Waals surface area contributed by atoms with Crippen molar-refractivity contribution in [3.8, 4) is 0 Å². The van der Waals surface area contributed by atoms with Crippen molar-refractivity contribution in [2.75, 3.05) is 6.54 Å². The van der Waals surface area contributed by atoms with Gasteiger partial charge in [0.1, 0.15) is 11.9 Å². The first-order chi connectivity index (χ1) is 10.9. The molecule has 1 aromatic rings. The highest BCUT2D eigenvalue weighted by molar-refractivity contribution is 5.87. The van der Waals surface area contributed by atoms with Crippen LogP contribution in [0.4, 0.5) is 4.39 Å². The molecule has 0 radical (unpaired) electrons. The summed E-state index contributed by atoms with van der Waals surface area (Å²) in [6.07, 6.45) is 1.03. The van der Waals surface area contributed by atoms with Crippen molar-refractivity contribution in [1.29, 1.82) is 0 Å². The third-order valence-electron chi connectivity index (χ3n) is 3.61. The van der Waals surface area contributed by atoms with Gasteiger partial charge >= 0.3 is 0 Å². The zero-order valence-electron chi connectivity index (χ0n) is 14.4. The number of hydrogen-bond acceptors (Lipinski definition) is 2. The first kappa shape index (κ1) is 19.1. The minimum Gasteiger partial charge on any atom is -0.354 e. The molecule has 0 fully saturated rings. The monoisotopic (exact) mass is 322 g/mol. The Morgan fingerprint density at radius 3 is 2.43 bits per heavy atom. The minimum absolute atomic E-state index is 0.0990. The van der Waals surface area contributed by atoms with Gasteiger partial charge in [0, 0.05) is 25.1 Å². The molecule has 0 saturated carbocycles. The van der Waals surface area contributed by atoms with Gasteiger partial charge in [0.05, 0.1) is 0 Å². The van der Waals surface area contributed by atoms with E-state index in [0.29, 0.717) is 30.9 Å². The second-order valence-corrected chi connectivity index (χ2v) is 6.18. The van der Waals surface area contributed by atoms with Gasteiger partial charge in [-0.05, 0) is 25.3 Å². The van der Waals surface area contributed by atoms with E-state index >= 15 is 0 Å². The molecule has 0 saturated heterocycles. The molecule has 4 nitrogen and oxygen atoms in total. The van der Waals surface area contributed by atoms with E-state index in [0.717, 1.165) is 0 Å². The topological polar surface area (TPSA) is 49.4 Å². The first-order valence-electron chi connectivity index (χ1n) is 8.17. The molecule has 2 amide bonds. The van der Waals surface area contributed by atoms with Crippen molar-refractivity contribution in [1.82, 2.24) is 10.2 Å². The van der Waals surface area contributed by atoms with Gasteiger partial charge in [-0.2, -0.15) is 0 Å². The molecule has 23 heavy (non-hydrogen) atoms. The lowest BCUT2D eigenvalue weighted by atomic mass is 10.1. The van der Waals surface area contributed by atoms with Crippen LogP contribution in [0.15, 0.2) is 24.3 Å². The highest BCUT2D eigenvalue weighted by Crippen LogP contribution is 2.14. The van der Waals surface area contributed by atoms with Crippen LogP contribution in [0.2, 0.25) is 0 Å². The summed E-state index contributed by atoms with van der Waals surface area (Å²) in [5, 5.41) is 2.83. The molecule has 0 aliphatic heterocycles. The van der Waals surface area contributed by atoms with Crippen molar-refractivity contribution in [2.45, 2.75) is 53.1 Å². The number of carbonyl (C=O) groups is 2. The Morgan fingerprint density at radius 1 is 1.22 bits per heavy atom. The van der Waals surface area contributed by atoms with E-state index in [1.165, 1.54) is 11.0 Å². The van der Waals surface area contributed by atoms with E-state index in [1.807, 2.05) is 20.8 Å². The third kappa shape index (κ3) is 6.00. The summed E-state index contributed by atoms with van der Waals surface area (Å²) in [7, 11) is 0. The Balaban J connectivity index is 2.89. The summed E-state index contributed by atoms with van der Waals surface area (Å²) >= 11 is 0. The molecular weight excluding hydrogens is 295 g/mol. The summed E-state index contributed by atoms with van der Waals surface area (Å²) in [6, 6.07) is 5.70. The number of hydrogen-bond donors (Lipinski definition) is 1. The van der Waals surface area contributed by atoms with E-state index in [1.54, 1.807) is 25.1 Å². The van der Waals surface area contributed by atoms with Gasteiger partial charge in [-0.3, -0.25) is 9.59 Å². The maximum atomic E-state index is 13.9. The van der Waals surface area contributed by atoms with Crippen LogP contribution in [0.3, 0.4) is 0 Å². The van der Waals surface area contributed by atoms with Gasteiger partial charge in [-0.15, -0.1) is 0 Å². The number of carbonyl (C=O) groups excluding carboxylic acids is 2. The summed E-state index contributed by atoms with van der Waals surface area (Å²) in [5.74, 6) is -0.378. The van der Waals surface area contributed by atoms with Crippen molar-refractivity contribution < 1.29 is 14.0 Å². The Bertz CT molecular complexity index is 532.